The van der Waals surface area contributed by atoms with E-state index in [1.165, 1.54) is 0 Å². The second-order valence-electron chi connectivity index (χ2n) is 6.22. The molecule has 0 aliphatic heterocycles. The summed E-state index contributed by atoms with van der Waals surface area (Å²) < 4.78 is 5.90. The minimum atomic E-state index is -0.655. The Labute approximate surface area is 178 Å². The summed E-state index contributed by atoms with van der Waals surface area (Å²) in [7, 11) is 0. The van der Waals surface area contributed by atoms with Crippen LogP contribution in [0, 0.1) is 0 Å². The fraction of sp³-hybridized carbons (Fsp3) is 0.0909. The molecule has 3 aromatic rings. The Morgan fingerprint density at radius 2 is 1.55 bits per heavy atom. The van der Waals surface area contributed by atoms with Crippen molar-refractivity contribution in [3.05, 3.63) is 94.0 Å². The van der Waals surface area contributed by atoms with Crippen LogP contribution in [0.25, 0.3) is 0 Å². The van der Waals surface area contributed by atoms with Gasteiger partial charge in [0.2, 0.25) is 0 Å². The van der Waals surface area contributed by atoms with Crippen LogP contribution in [0.5, 0.6) is 5.75 Å². The monoisotopic (exact) mass is 428 g/mol. The number of carbonyl (C=O) groups excluding carboxylic acids is 2. The van der Waals surface area contributed by atoms with Gasteiger partial charge in [0.05, 0.1) is 10.6 Å². The number of hydrogen-bond donors (Lipinski definition) is 2. The van der Waals surface area contributed by atoms with Gasteiger partial charge in [-0.2, -0.15) is 0 Å². The van der Waals surface area contributed by atoms with Gasteiger partial charge in [-0.05, 0) is 61.0 Å². The highest BCUT2D eigenvalue weighted by atomic mass is 35.5. The molecule has 0 aliphatic carbocycles. The highest BCUT2D eigenvalue weighted by Crippen LogP contribution is 2.24. The molecule has 0 saturated heterocycles. The molecule has 0 saturated carbocycles. The summed E-state index contributed by atoms with van der Waals surface area (Å²) >= 11 is 11.9. The van der Waals surface area contributed by atoms with Gasteiger partial charge in [-0.15, -0.1) is 0 Å². The fourth-order valence-electron chi connectivity index (χ4n) is 2.60. The highest BCUT2D eigenvalue weighted by Gasteiger charge is 2.13. The zero-order valence-electron chi connectivity index (χ0n) is 15.5. The molecule has 3 amide bonds. The molecule has 0 spiro atoms. The maximum absolute atomic E-state index is 12.1. The molecule has 0 aliphatic rings. The van der Waals surface area contributed by atoms with Crippen molar-refractivity contribution >= 4 is 40.8 Å². The number of ether oxygens (including phenoxy) is 1. The zero-order valence-corrected chi connectivity index (χ0v) is 17.0. The van der Waals surface area contributed by atoms with Gasteiger partial charge in [-0.25, -0.2) is 4.79 Å². The van der Waals surface area contributed by atoms with E-state index in [0.29, 0.717) is 16.5 Å². The van der Waals surface area contributed by atoms with E-state index in [1.54, 1.807) is 48.5 Å². The van der Waals surface area contributed by atoms with Crippen molar-refractivity contribution in [1.29, 1.82) is 0 Å². The van der Waals surface area contributed by atoms with Gasteiger partial charge in [-0.3, -0.25) is 10.1 Å². The lowest BCUT2D eigenvalue weighted by Gasteiger charge is -2.15. The molecule has 0 heterocycles. The van der Waals surface area contributed by atoms with E-state index in [4.69, 9.17) is 27.9 Å². The molecule has 29 heavy (non-hydrogen) atoms. The average Bonchev–Trinajstić information content (AvgIpc) is 2.70. The first-order valence-electron chi connectivity index (χ1n) is 8.81. The minimum absolute atomic E-state index is 0.164. The zero-order chi connectivity index (χ0) is 20.8. The van der Waals surface area contributed by atoms with E-state index in [0.717, 1.165) is 5.56 Å². The lowest BCUT2D eigenvalue weighted by atomic mass is 10.1. The Balaban J connectivity index is 1.56. The molecule has 1 unspecified atom stereocenters. The van der Waals surface area contributed by atoms with Crippen molar-refractivity contribution in [3.8, 4) is 5.75 Å². The van der Waals surface area contributed by atoms with E-state index in [-0.39, 0.29) is 16.7 Å². The van der Waals surface area contributed by atoms with Gasteiger partial charge in [0.15, 0.2) is 0 Å². The Morgan fingerprint density at radius 3 is 2.21 bits per heavy atom. The predicted octanol–water partition coefficient (Wildman–Crippen LogP) is 6.10. The largest absolute Gasteiger partial charge is 0.486 e. The highest BCUT2D eigenvalue weighted by molar-refractivity contribution is 6.34. The number of imide groups is 1. The van der Waals surface area contributed by atoms with Crippen LogP contribution in [-0.4, -0.2) is 11.9 Å². The first-order valence-corrected chi connectivity index (χ1v) is 9.57. The minimum Gasteiger partial charge on any atom is -0.486 e. The summed E-state index contributed by atoms with van der Waals surface area (Å²) in [6.07, 6.45) is -0.164. The lowest BCUT2D eigenvalue weighted by Crippen LogP contribution is -2.34. The van der Waals surface area contributed by atoms with Crippen LogP contribution in [0.3, 0.4) is 0 Å². The molecule has 0 bridgehead atoms. The van der Waals surface area contributed by atoms with Crippen LogP contribution in [0.15, 0.2) is 72.8 Å². The number of hydrogen-bond acceptors (Lipinski definition) is 3. The number of rotatable bonds is 5. The normalized spacial score (nSPS) is 11.4. The van der Waals surface area contributed by atoms with Crippen molar-refractivity contribution in [2.45, 2.75) is 13.0 Å². The first kappa shape index (κ1) is 20.7. The van der Waals surface area contributed by atoms with E-state index in [2.05, 4.69) is 10.6 Å². The Kier molecular flexibility index (Phi) is 6.75. The number of urea groups is 1. The van der Waals surface area contributed by atoms with Crippen molar-refractivity contribution in [1.82, 2.24) is 5.32 Å². The molecular formula is C22H18Cl2N2O3. The fourth-order valence-corrected chi connectivity index (χ4v) is 2.95. The summed E-state index contributed by atoms with van der Waals surface area (Å²) in [4.78, 5) is 24.2. The third-order valence-electron chi connectivity index (χ3n) is 4.11. The molecule has 2 N–H and O–H groups in total. The first-order chi connectivity index (χ1) is 13.9. The van der Waals surface area contributed by atoms with Gasteiger partial charge in [-0.1, -0.05) is 47.5 Å². The molecular weight excluding hydrogens is 411 g/mol. The van der Waals surface area contributed by atoms with Crippen molar-refractivity contribution < 1.29 is 14.3 Å². The second kappa shape index (κ2) is 9.45. The summed E-state index contributed by atoms with van der Waals surface area (Å²) in [6.45, 7) is 1.93. The van der Waals surface area contributed by atoms with Crippen molar-refractivity contribution in [3.63, 3.8) is 0 Å². The number of benzene rings is 3. The van der Waals surface area contributed by atoms with Crippen LogP contribution in [0.2, 0.25) is 10.0 Å². The lowest BCUT2D eigenvalue weighted by molar-refractivity contribution is 0.0967. The molecule has 3 rings (SSSR count). The average molecular weight is 429 g/mol. The Bertz CT molecular complexity index is 1010. The molecule has 0 fully saturated rings. The summed E-state index contributed by atoms with van der Waals surface area (Å²) in [5.74, 6) is 0.0652. The summed E-state index contributed by atoms with van der Waals surface area (Å²) in [5, 5.41) is 5.78. The Morgan fingerprint density at radius 1 is 0.897 bits per heavy atom. The van der Waals surface area contributed by atoms with Gasteiger partial charge in [0.25, 0.3) is 5.91 Å². The topological polar surface area (TPSA) is 67.4 Å². The van der Waals surface area contributed by atoms with Gasteiger partial charge in [0.1, 0.15) is 11.9 Å². The molecule has 7 heteroatoms. The summed E-state index contributed by atoms with van der Waals surface area (Å²) in [6, 6.07) is 20.1. The van der Waals surface area contributed by atoms with Gasteiger partial charge >= 0.3 is 6.03 Å². The van der Waals surface area contributed by atoms with Gasteiger partial charge < -0.3 is 10.1 Å². The maximum atomic E-state index is 12.1. The van der Waals surface area contributed by atoms with Crippen LogP contribution in [-0.2, 0) is 0 Å². The quantitative estimate of drug-likeness (QED) is 0.515. The smallest absolute Gasteiger partial charge is 0.326 e. The SMILES string of the molecule is CC(Oc1ccc(NC(=O)NC(=O)c2ccccc2Cl)cc1)c1ccc(Cl)cc1. The van der Waals surface area contributed by atoms with Crippen LogP contribution in [0.1, 0.15) is 28.9 Å². The number of amides is 3. The third kappa shape index (κ3) is 5.73. The molecule has 0 aromatic heterocycles. The molecule has 0 radical (unpaired) electrons. The number of anilines is 1. The van der Waals surface area contributed by atoms with E-state index >= 15 is 0 Å². The van der Waals surface area contributed by atoms with Crippen LogP contribution >= 0.6 is 23.2 Å². The van der Waals surface area contributed by atoms with Gasteiger partial charge in [0, 0.05) is 10.7 Å². The standard InChI is InChI=1S/C22H18Cl2N2O3/c1-14(15-6-8-16(23)9-7-15)29-18-12-10-17(11-13-18)25-22(28)26-21(27)19-4-2-3-5-20(19)24/h2-14H,1H3,(H2,25,26,27,28). The molecule has 1 atom stereocenters. The third-order valence-corrected chi connectivity index (χ3v) is 4.69. The summed E-state index contributed by atoms with van der Waals surface area (Å²) in [5.41, 5.74) is 1.74. The predicted molar refractivity (Wildman–Crippen MR) is 115 cm³/mol. The number of carbonyl (C=O) groups is 2. The Hall–Kier alpha value is -3.02. The van der Waals surface area contributed by atoms with Crippen molar-refractivity contribution in [2.75, 3.05) is 5.32 Å². The molecule has 3 aromatic carbocycles. The number of halogens is 2. The van der Waals surface area contributed by atoms with Crippen LogP contribution < -0.4 is 15.4 Å². The van der Waals surface area contributed by atoms with E-state index in [1.807, 2.05) is 31.2 Å². The molecule has 148 valence electrons. The van der Waals surface area contributed by atoms with Crippen LogP contribution in [0.4, 0.5) is 10.5 Å². The van der Waals surface area contributed by atoms with E-state index < -0.39 is 11.9 Å². The van der Waals surface area contributed by atoms with Crippen molar-refractivity contribution in [2.24, 2.45) is 0 Å². The number of nitrogens with one attached hydrogen (secondary N) is 2. The maximum Gasteiger partial charge on any atom is 0.326 e. The second-order valence-corrected chi connectivity index (χ2v) is 7.07. The molecule has 5 nitrogen and oxygen atoms in total. The van der Waals surface area contributed by atoms with E-state index in [9.17, 15) is 9.59 Å².